The smallest absolute Gasteiger partial charge is 0.234 e. The van der Waals surface area contributed by atoms with Crippen molar-refractivity contribution in [2.24, 2.45) is 5.18 Å². The van der Waals surface area contributed by atoms with Crippen molar-refractivity contribution in [3.63, 3.8) is 0 Å². The SMILES string of the molecule is CCP(=O)(OCc1ccccc1)c1cc(N)ccc1N=O. The van der Waals surface area contributed by atoms with Crippen LogP contribution in [0, 0.1) is 4.91 Å². The molecule has 0 saturated carbocycles. The fraction of sp³-hybridized carbons (Fsp3) is 0.200. The Hall–Kier alpha value is -1.97. The summed E-state index contributed by atoms with van der Waals surface area (Å²) in [6.07, 6.45) is 0.270. The fourth-order valence-electron chi connectivity index (χ4n) is 1.97. The minimum atomic E-state index is -3.17. The largest absolute Gasteiger partial charge is 0.399 e. The van der Waals surface area contributed by atoms with E-state index < -0.39 is 7.37 Å². The van der Waals surface area contributed by atoms with Crippen LogP contribution in [-0.4, -0.2) is 6.16 Å². The number of rotatable bonds is 6. The fourth-order valence-corrected chi connectivity index (χ4v) is 3.80. The minimum absolute atomic E-state index is 0.113. The molecular formula is C15H17N2O3P. The standard InChI is InChI=1S/C15H17N2O3P/c1-2-21(19,20-11-12-6-4-3-5-7-12)15-10-13(16)8-9-14(15)17-18/h3-10H,2,11,16H2,1H3. The molecule has 0 aliphatic carbocycles. The highest BCUT2D eigenvalue weighted by atomic mass is 31.2. The Morgan fingerprint density at radius 3 is 2.52 bits per heavy atom. The lowest BCUT2D eigenvalue weighted by atomic mass is 10.2. The molecule has 2 aromatic rings. The third-order valence-corrected chi connectivity index (χ3v) is 5.63. The monoisotopic (exact) mass is 304 g/mol. The van der Waals surface area contributed by atoms with Gasteiger partial charge in [-0.05, 0) is 28.9 Å². The molecule has 6 heteroatoms. The minimum Gasteiger partial charge on any atom is -0.399 e. The second kappa shape index (κ2) is 6.66. The van der Waals surface area contributed by atoms with Crippen LogP contribution in [0.3, 0.4) is 0 Å². The molecule has 2 aromatic carbocycles. The van der Waals surface area contributed by atoms with Gasteiger partial charge in [0.1, 0.15) is 5.69 Å². The van der Waals surface area contributed by atoms with Crippen molar-refractivity contribution in [2.75, 3.05) is 11.9 Å². The van der Waals surface area contributed by atoms with Gasteiger partial charge in [-0.1, -0.05) is 37.3 Å². The first kappa shape index (κ1) is 15.4. The van der Waals surface area contributed by atoms with Gasteiger partial charge in [0.25, 0.3) is 0 Å². The first-order chi connectivity index (χ1) is 10.1. The average molecular weight is 304 g/mol. The summed E-state index contributed by atoms with van der Waals surface area (Å²) in [4.78, 5) is 10.9. The highest BCUT2D eigenvalue weighted by Crippen LogP contribution is 2.48. The first-order valence-electron chi connectivity index (χ1n) is 6.60. The summed E-state index contributed by atoms with van der Waals surface area (Å²) in [6.45, 7) is 1.96. The van der Waals surface area contributed by atoms with Gasteiger partial charge >= 0.3 is 0 Å². The molecule has 0 saturated heterocycles. The quantitative estimate of drug-likeness (QED) is 0.500. The van der Waals surface area contributed by atoms with Crippen LogP contribution in [-0.2, 0) is 15.7 Å². The highest BCUT2D eigenvalue weighted by molar-refractivity contribution is 7.67. The molecule has 0 aliphatic heterocycles. The summed E-state index contributed by atoms with van der Waals surface area (Å²) in [5.74, 6) is 0. The molecule has 2 N–H and O–H groups in total. The van der Waals surface area contributed by atoms with Crippen molar-refractivity contribution in [2.45, 2.75) is 13.5 Å². The predicted octanol–water partition coefficient (Wildman–Crippen LogP) is 3.81. The van der Waals surface area contributed by atoms with E-state index in [1.54, 1.807) is 13.0 Å². The Bertz CT molecular complexity index is 674. The van der Waals surface area contributed by atoms with E-state index in [4.69, 9.17) is 10.3 Å². The average Bonchev–Trinajstić information content (AvgIpc) is 2.53. The van der Waals surface area contributed by atoms with Gasteiger partial charge < -0.3 is 10.3 Å². The molecule has 0 spiro atoms. The van der Waals surface area contributed by atoms with Gasteiger partial charge in [0, 0.05) is 11.8 Å². The van der Waals surface area contributed by atoms with Crippen molar-refractivity contribution in [3.05, 3.63) is 59.0 Å². The number of hydrogen-bond donors (Lipinski definition) is 1. The summed E-state index contributed by atoms with van der Waals surface area (Å²) in [6, 6.07) is 14.0. The normalized spacial score (nSPS) is 13.6. The Morgan fingerprint density at radius 2 is 1.90 bits per heavy atom. The number of nitrogens with two attached hydrogens (primary N) is 1. The molecule has 0 radical (unpaired) electrons. The molecule has 0 aliphatic rings. The maximum absolute atomic E-state index is 13.0. The van der Waals surface area contributed by atoms with Crippen LogP contribution in [0.2, 0.25) is 0 Å². The van der Waals surface area contributed by atoms with Gasteiger partial charge in [-0.25, -0.2) is 0 Å². The van der Waals surface area contributed by atoms with Crippen molar-refractivity contribution in [1.29, 1.82) is 0 Å². The van der Waals surface area contributed by atoms with Crippen molar-refractivity contribution in [1.82, 2.24) is 0 Å². The Morgan fingerprint density at radius 1 is 1.19 bits per heavy atom. The lowest BCUT2D eigenvalue weighted by Gasteiger charge is -2.18. The van der Waals surface area contributed by atoms with Gasteiger partial charge in [-0.3, -0.25) is 4.57 Å². The van der Waals surface area contributed by atoms with Crippen molar-refractivity contribution in [3.8, 4) is 0 Å². The van der Waals surface area contributed by atoms with Crippen LogP contribution < -0.4 is 11.0 Å². The van der Waals surface area contributed by atoms with Crippen LogP contribution in [0.5, 0.6) is 0 Å². The summed E-state index contributed by atoms with van der Waals surface area (Å²) < 4.78 is 18.7. The molecule has 0 heterocycles. The number of nitroso groups, excluding NO2 is 1. The summed E-state index contributed by atoms with van der Waals surface area (Å²) in [7, 11) is -3.17. The molecule has 0 amide bonds. The third-order valence-electron chi connectivity index (χ3n) is 3.16. The Labute approximate surface area is 123 Å². The molecule has 0 fully saturated rings. The Kier molecular flexibility index (Phi) is 4.89. The molecule has 5 nitrogen and oxygen atoms in total. The molecule has 21 heavy (non-hydrogen) atoms. The number of anilines is 1. The summed E-state index contributed by atoms with van der Waals surface area (Å²) in [5.41, 5.74) is 7.17. The maximum Gasteiger partial charge on any atom is 0.234 e. The van der Waals surface area contributed by atoms with Crippen LogP contribution in [0.1, 0.15) is 12.5 Å². The van der Waals surface area contributed by atoms with Crippen LogP contribution in [0.15, 0.2) is 53.7 Å². The molecule has 0 bridgehead atoms. The van der Waals surface area contributed by atoms with E-state index >= 15 is 0 Å². The number of hydrogen-bond acceptors (Lipinski definition) is 5. The maximum atomic E-state index is 13.0. The van der Waals surface area contributed by atoms with Crippen LogP contribution >= 0.6 is 7.37 Å². The van der Waals surface area contributed by atoms with Gasteiger partial charge in [-0.15, -0.1) is 4.91 Å². The zero-order valence-electron chi connectivity index (χ0n) is 11.7. The van der Waals surface area contributed by atoms with E-state index in [-0.39, 0.29) is 23.8 Å². The van der Waals surface area contributed by atoms with Crippen molar-refractivity contribution >= 4 is 24.0 Å². The number of nitrogens with zero attached hydrogens (tertiary/aromatic N) is 1. The molecular weight excluding hydrogens is 287 g/mol. The van der Waals surface area contributed by atoms with E-state index in [0.29, 0.717) is 5.69 Å². The van der Waals surface area contributed by atoms with Crippen LogP contribution in [0.4, 0.5) is 11.4 Å². The molecule has 1 atom stereocenters. The predicted molar refractivity (Wildman–Crippen MR) is 85.3 cm³/mol. The van der Waals surface area contributed by atoms with E-state index in [9.17, 15) is 9.47 Å². The second-order valence-corrected chi connectivity index (χ2v) is 7.31. The van der Waals surface area contributed by atoms with Gasteiger partial charge in [0.15, 0.2) is 0 Å². The number of nitrogen functional groups attached to an aromatic ring is 1. The summed E-state index contributed by atoms with van der Waals surface area (Å²) in [5, 5.41) is 3.21. The molecule has 1 unspecified atom stereocenters. The van der Waals surface area contributed by atoms with E-state index in [1.807, 2.05) is 30.3 Å². The van der Waals surface area contributed by atoms with Crippen LogP contribution in [0.25, 0.3) is 0 Å². The third kappa shape index (κ3) is 3.57. The topological polar surface area (TPSA) is 81.8 Å². The molecule has 0 aromatic heterocycles. The van der Waals surface area contributed by atoms with Gasteiger partial charge in [0.05, 0.1) is 11.9 Å². The van der Waals surface area contributed by atoms with Gasteiger partial charge in [0.2, 0.25) is 7.37 Å². The molecule has 110 valence electrons. The lowest BCUT2D eigenvalue weighted by Crippen LogP contribution is -2.11. The van der Waals surface area contributed by atoms with E-state index in [0.717, 1.165) is 5.56 Å². The summed E-state index contributed by atoms with van der Waals surface area (Å²) >= 11 is 0. The van der Waals surface area contributed by atoms with Gasteiger partial charge in [-0.2, -0.15) is 0 Å². The lowest BCUT2D eigenvalue weighted by molar-refractivity contribution is 0.310. The molecule has 2 rings (SSSR count). The van der Waals surface area contributed by atoms with Crippen molar-refractivity contribution < 1.29 is 9.09 Å². The number of benzene rings is 2. The van der Waals surface area contributed by atoms with E-state index in [1.165, 1.54) is 12.1 Å². The zero-order valence-corrected chi connectivity index (χ0v) is 12.6. The Balaban J connectivity index is 2.31. The zero-order chi connectivity index (χ0) is 15.3. The van der Waals surface area contributed by atoms with E-state index in [2.05, 4.69) is 5.18 Å². The highest BCUT2D eigenvalue weighted by Gasteiger charge is 2.27. The first-order valence-corrected chi connectivity index (χ1v) is 8.41. The second-order valence-electron chi connectivity index (χ2n) is 4.59.